The van der Waals surface area contributed by atoms with E-state index >= 15 is 0 Å². The molecule has 0 aliphatic rings. The summed E-state index contributed by atoms with van der Waals surface area (Å²) >= 11 is 23.4. The fraction of sp³-hybridized carbons (Fsp3) is 0.636. The third kappa shape index (κ3) is 12.8. The van der Waals surface area contributed by atoms with Gasteiger partial charge < -0.3 is 16.0 Å². The van der Waals surface area contributed by atoms with Crippen LogP contribution in [0.4, 0.5) is 5.69 Å². The number of aryl methyl sites for hydroxylation is 1. The van der Waals surface area contributed by atoms with Gasteiger partial charge in [0.05, 0.1) is 0 Å². The van der Waals surface area contributed by atoms with Crippen LogP contribution < -0.4 is 16.0 Å². The Balaban J connectivity index is 2.33. The smallest absolute Gasteiger partial charge is 0.228 e. The van der Waals surface area contributed by atoms with Gasteiger partial charge in [-0.05, 0) is 37.7 Å². The molecule has 0 spiro atoms. The summed E-state index contributed by atoms with van der Waals surface area (Å²) in [5.41, 5.74) is 1.95. The third-order valence-corrected chi connectivity index (χ3v) is 5.60. The van der Waals surface area contributed by atoms with E-state index in [1.54, 1.807) is 0 Å². The van der Waals surface area contributed by atoms with Crippen LogP contribution in [-0.4, -0.2) is 21.0 Å². The molecule has 0 aromatic heterocycles. The van der Waals surface area contributed by atoms with Gasteiger partial charge in [0.2, 0.25) is 9.70 Å². The van der Waals surface area contributed by atoms with Crippen molar-refractivity contribution >= 4 is 63.7 Å². The zero-order chi connectivity index (χ0) is 22.4. The first kappa shape index (κ1) is 27.3. The fourth-order valence-corrected chi connectivity index (χ4v) is 3.53. The maximum Gasteiger partial charge on any atom is 0.228 e. The van der Waals surface area contributed by atoms with Gasteiger partial charge in [-0.15, -0.1) is 0 Å². The maximum absolute atomic E-state index is 12.3. The molecule has 8 heteroatoms. The highest BCUT2D eigenvalue weighted by Gasteiger charge is 2.34. The van der Waals surface area contributed by atoms with Crippen molar-refractivity contribution in [2.45, 2.75) is 88.0 Å². The lowest BCUT2D eigenvalue weighted by molar-refractivity contribution is -0.122. The molecule has 1 aromatic carbocycles. The van der Waals surface area contributed by atoms with Crippen molar-refractivity contribution in [2.75, 3.05) is 5.32 Å². The first-order chi connectivity index (χ1) is 14.2. The highest BCUT2D eigenvalue weighted by molar-refractivity contribution is 7.80. The van der Waals surface area contributed by atoms with Crippen LogP contribution in [0.3, 0.4) is 0 Å². The normalized spacial score (nSPS) is 12.3. The minimum Gasteiger partial charge on any atom is -0.339 e. The molecule has 0 aliphatic carbocycles. The van der Waals surface area contributed by atoms with Gasteiger partial charge in [0, 0.05) is 12.1 Å². The van der Waals surface area contributed by atoms with Gasteiger partial charge >= 0.3 is 0 Å². The van der Waals surface area contributed by atoms with Crippen molar-refractivity contribution in [1.82, 2.24) is 10.6 Å². The second-order valence-electron chi connectivity index (χ2n) is 7.59. The SMILES string of the molecule is CCCCCCCCCCCC(=O)N[C@@H](NC(=S)Nc1ccc(C)cc1)C(Cl)(Cl)Cl. The Bertz CT molecular complexity index is 636. The molecule has 0 heterocycles. The van der Waals surface area contributed by atoms with Crippen LogP contribution in [0.15, 0.2) is 24.3 Å². The fourth-order valence-electron chi connectivity index (χ4n) is 2.96. The summed E-state index contributed by atoms with van der Waals surface area (Å²) in [5.74, 6) is -0.167. The van der Waals surface area contributed by atoms with Gasteiger partial charge in [-0.3, -0.25) is 4.79 Å². The third-order valence-electron chi connectivity index (χ3n) is 4.72. The number of nitrogens with one attached hydrogen (secondary N) is 3. The van der Waals surface area contributed by atoms with E-state index in [1.165, 1.54) is 38.5 Å². The van der Waals surface area contributed by atoms with Crippen molar-refractivity contribution in [3.05, 3.63) is 29.8 Å². The number of halogens is 3. The molecule has 30 heavy (non-hydrogen) atoms. The molecule has 1 atom stereocenters. The van der Waals surface area contributed by atoms with E-state index in [4.69, 9.17) is 47.0 Å². The second-order valence-corrected chi connectivity index (χ2v) is 10.4. The van der Waals surface area contributed by atoms with E-state index in [0.717, 1.165) is 30.5 Å². The zero-order valence-corrected chi connectivity index (χ0v) is 21.0. The number of benzene rings is 1. The summed E-state index contributed by atoms with van der Waals surface area (Å²) in [4.78, 5) is 12.3. The zero-order valence-electron chi connectivity index (χ0n) is 17.9. The Hall–Kier alpha value is -0.750. The average Bonchev–Trinajstić information content (AvgIpc) is 2.67. The van der Waals surface area contributed by atoms with E-state index in [0.29, 0.717) is 6.42 Å². The Labute approximate surface area is 201 Å². The molecule has 0 unspecified atom stereocenters. The van der Waals surface area contributed by atoms with Crippen LogP contribution in [0.1, 0.15) is 76.7 Å². The van der Waals surface area contributed by atoms with Crippen molar-refractivity contribution < 1.29 is 4.79 Å². The van der Waals surface area contributed by atoms with Crippen molar-refractivity contribution in [3.63, 3.8) is 0 Å². The summed E-state index contributed by atoms with van der Waals surface area (Å²) in [7, 11) is 0. The van der Waals surface area contributed by atoms with Crippen LogP contribution in [0.2, 0.25) is 0 Å². The molecular weight excluding hydrogens is 461 g/mol. The topological polar surface area (TPSA) is 53.2 Å². The van der Waals surface area contributed by atoms with Crippen LogP contribution in [-0.2, 0) is 4.79 Å². The summed E-state index contributed by atoms with van der Waals surface area (Å²) in [6, 6.07) is 7.72. The number of carbonyl (C=O) groups is 1. The molecule has 0 radical (unpaired) electrons. The molecular formula is C22H34Cl3N3OS. The van der Waals surface area contributed by atoms with Gasteiger partial charge in [0.25, 0.3) is 0 Å². The van der Waals surface area contributed by atoms with Crippen LogP contribution in [0.5, 0.6) is 0 Å². The van der Waals surface area contributed by atoms with Gasteiger partial charge in [0.1, 0.15) is 6.17 Å². The van der Waals surface area contributed by atoms with E-state index in [9.17, 15) is 4.79 Å². The molecule has 0 saturated heterocycles. The van der Waals surface area contributed by atoms with Gasteiger partial charge in [-0.1, -0.05) is 111 Å². The lowest BCUT2D eigenvalue weighted by Gasteiger charge is -2.27. The number of anilines is 1. The minimum absolute atomic E-state index is 0.167. The molecule has 170 valence electrons. The minimum atomic E-state index is -1.74. The Kier molecular flexibility index (Phi) is 13.7. The lowest BCUT2D eigenvalue weighted by Crippen LogP contribution is -2.56. The summed E-state index contributed by atoms with van der Waals surface area (Å²) in [5, 5.41) is 8.90. The number of thiocarbonyl (C=S) groups is 1. The predicted molar refractivity (Wildman–Crippen MR) is 135 cm³/mol. The lowest BCUT2D eigenvalue weighted by atomic mass is 10.1. The summed E-state index contributed by atoms with van der Waals surface area (Å²) in [6.07, 6.45) is 10.2. The Morgan fingerprint density at radius 1 is 0.933 bits per heavy atom. The van der Waals surface area contributed by atoms with E-state index in [2.05, 4.69) is 22.9 Å². The number of hydrogen-bond acceptors (Lipinski definition) is 2. The average molecular weight is 495 g/mol. The molecule has 4 nitrogen and oxygen atoms in total. The van der Waals surface area contributed by atoms with E-state index < -0.39 is 9.96 Å². The number of rotatable bonds is 13. The van der Waals surface area contributed by atoms with Crippen LogP contribution in [0, 0.1) is 6.92 Å². The van der Waals surface area contributed by atoms with Crippen molar-refractivity contribution in [1.29, 1.82) is 0 Å². The van der Waals surface area contributed by atoms with Gasteiger partial charge in [0.15, 0.2) is 5.11 Å². The predicted octanol–water partition coefficient (Wildman–Crippen LogP) is 7.01. The highest BCUT2D eigenvalue weighted by Crippen LogP contribution is 2.29. The first-order valence-corrected chi connectivity index (χ1v) is 12.3. The first-order valence-electron chi connectivity index (χ1n) is 10.7. The number of hydrogen-bond donors (Lipinski definition) is 3. The maximum atomic E-state index is 12.3. The number of amides is 1. The molecule has 0 fully saturated rings. The molecule has 0 aliphatic heterocycles. The van der Waals surface area contributed by atoms with Gasteiger partial charge in [-0.25, -0.2) is 0 Å². The number of unbranched alkanes of at least 4 members (excludes halogenated alkanes) is 8. The molecule has 3 N–H and O–H groups in total. The molecule has 1 rings (SSSR count). The van der Waals surface area contributed by atoms with Crippen LogP contribution >= 0.6 is 47.0 Å². The summed E-state index contributed by atoms with van der Waals surface area (Å²) in [6.45, 7) is 4.23. The molecule has 0 saturated carbocycles. The number of carbonyl (C=O) groups excluding carboxylic acids is 1. The van der Waals surface area contributed by atoms with Gasteiger partial charge in [-0.2, -0.15) is 0 Å². The second kappa shape index (κ2) is 15.1. The van der Waals surface area contributed by atoms with Crippen molar-refractivity contribution in [2.24, 2.45) is 0 Å². The monoisotopic (exact) mass is 493 g/mol. The van der Waals surface area contributed by atoms with E-state index in [-0.39, 0.29) is 11.0 Å². The largest absolute Gasteiger partial charge is 0.339 e. The van der Waals surface area contributed by atoms with Crippen LogP contribution in [0.25, 0.3) is 0 Å². The number of alkyl halides is 3. The highest BCUT2D eigenvalue weighted by atomic mass is 35.6. The van der Waals surface area contributed by atoms with Crippen molar-refractivity contribution in [3.8, 4) is 0 Å². The standard InChI is InChI=1S/C22H34Cl3N3OS/c1-3-4-5-6-7-8-9-10-11-12-19(29)27-20(22(23,24)25)28-21(30)26-18-15-13-17(2)14-16-18/h13-16,20H,3-12H2,1-2H3,(H,27,29)(H2,26,28,30)/t20-/m0/s1. The molecule has 1 aromatic rings. The molecule has 1 amide bonds. The Morgan fingerprint density at radius 3 is 2.00 bits per heavy atom. The Morgan fingerprint density at radius 2 is 1.47 bits per heavy atom. The summed E-state index contributed by atoms with van der Waals surface area (Å²) < 4.78 is -1.74. The quantitative estimate of drug-likeness (QED) is 0.119. The molecule has 0 bridgehead atoms. The van der Waals surface area contributed by atoms with E-state index in [1.807, 2.05) is 31.2 Å².